The molecule has 1 saturated heterocycles. The molecule has 0 radical (unpaired) electrons. The van der Waals surface area contributed by atoms with Gasteiger partial charge in [0.05, 0.1) is 0 Å². The van der Waals surface area contributed by atoms with Gasteiger partial charge in [-0.2, -0.15) is 8.78 Å². The van der Waals surface area contributed by atoms with Crippen molar-refractivity contribution >= 4 is 15.9 Å². The molecule has 3 nitrogen and oxygen atoms in total. The van der Waals surface area contributed by atoms with Crippen molar-refractivity contribution in [1.82, 2.24) is 9.80 Å². The van der Waals surface area contributed by atoms with Gasteiger partial charge in [-0.15, -0.1) is 0 Å². The Morgan fingerprint density at radius 2 is 1.48 bits per heavy atom. The topological polar surface area (TPSA) is 15.7 Å². The van der Waals surface area contributed by atoms with E-state index < -0.39 is 6.61 Å². The first kappa shape index (κ1) is 18.3. The summed E-state index contributed by atoms with van der Waals surface area (Å²) in [7, 11) is 0. The third kappa shape index (κ3) is 5.49. The van der Waals surface area contributed by atoms with Gasteiger partial charge >= 0.3 is 6.61 Å². The van der Waals surface area contributed by atoms with E-state index >= 15 is 0 Å². The van der Waals surface area contributed by atoms with Gasteiger partial charge in [-0.25, -0.2) is 0 Å². The summed E-state index contributed by atoms with van der Waals surface area (Å²) in [4.78, 5) is 4.84. The molecule has 6 heteroatoms. The number of halogens is 3. The summed E-state index contributed by atoms with van der Waals surface area (Å²) in [6.45, 7) is 3.05. The van der Waals surface area contributed by atoms with Crippen LogP contribution in [-0.4, -0.2) is 42.6 Å². The first-order valence-corrected chi connectivity index (χ1v) is 9.11. The molecule has 0 unspecified atom stereocenters. The molecule has 0 N–H and O–H groups in total. The molecule has 2 aromatic rings. The van der Waals surface area contributed by atoms with Crippen LogP contribution >= 0.6 is 15.9 Å². The lowest BCUT2D eigenvalue weighted by Gasteiger charge is -2.35. The van der Waals surface area contributed by atoms with Crippen LogP contribution in [0.4, 0.5) is 8.78 Å². The van der Waals surface area contributed by atoms with Crippen LogP contribution < -0.4 is 4.74 Å². The summed E-state index contributed by atoms with van der Waals surface area (Å²) >= 11 is 3.61. The van der Waals surface area contributed by atoms with Crippen LogP contribution in [0, 0.1) is 0 Å². The molecule has 0 amide bonds. The van der Waals surface area contributed by atoms with Crippen LogP contribution in [-0.2, 0) is 13.1 Å². The molecule has 1 heterocycles. The maximum Gasteiger partial charge on any atom is 0.387 e. The molecule has 0 aromatic heterocycles. The normalized spacial score (nSPS) is 16.3. The standard InChI is InChI=1S/C19H21BrF2N2O/c20-18-4-2-1-3-16(18)14-24-11-9-23(10-12-24)13-15-5-7-17(8-6-15)25-19(21)22/h1-8,19H,9-14H2. The minimum Gasteiger partial charge on any atom is -0.435 e. The van der Waals surface area contributed by atoms with Gasteiger partial charge in [-0.1, -0.05) is 46.3 Å². The average molecular weight is 411 g/mol. The van der Waals surface area contributed by atoms with Crippen LogP contribution in [0.25, 0.3) is 0 Å². The number of benzene rings is 2. The summed E-state index contributed by atoms with van der Waals surface area (Å²) in [5.41, 5.74) is 2.42. The highest BCUT2D eigenvalue weighted by molar-refractivity contribution is 9.10. The molecule has 0 atom stereocenters. The van der Waals surface area contributed by atoms with Gasteiger partial charge in [0, 0.05) is 43.7 Å². The zero-order valence-corrected chi connectivity index (χ0v) is 15.5. The van der Waals surface area contributed by atoms with Crippen molar-refractivity contribution < 1.29 is 13.5 Å². The monoisotopic (exact) mass is 410 g/mol. The molecule has 25 heavy (non-hydrogen) atoms. The number of alkyl halides is 2. The third-order valence-corrected chi connectivity index (χ3v) is 5.15. The van der Waals surface area contributed by atoms with E-state index in [4.69, 9.17) is 0 Å². The second-order valence-corrected chi connectivity index (χ2v) is 7.02. The van der Waals surface area contributed by atoms with Gasteiger partial charge in [-0.05, 0) is 29.3 Å². The third-order valence-electron chi connectivity index (χ3n) is 4.37. The van der Waals surface area contributed by atoms with Crippen molar-refractivity contribution in [2.24, 2.45) is 0 Å². The fraction of sp³-hybridized carbons (Fsp3) is 0.368. The summed E-state index contributed by atoms with van der Waals surface area (Å²) in [6, 6.07) is 15.2. The zero-order chi connectivity index (χ0) is 17.6. The van der Waals surface area contributed by atoms with Gasteiger partial charge in [0.2, 0.25) is 0 Å². The second kappa shape index (κ2) is 8.74. The highest BCUT2D eigenvalue weighted by atomic mass is 79.9. The Hall–Kier alpha value is -1.50. The van der Waals surface area contributed by atoms with E-state index in [1.807, 2.05) is 18.2 Å². The molecule has 1 fully saturated rings. The predicted octanol–water partition coefficient (Wildman–Crippen LogP) is 4.37. The lowest BCUT2D eigenvalue weighted by atomic mass is 10.1. The van der Waals surface area contributed by atoms with E-state index in [0.29, 0.717) is 0 Å². The van der Waals surface area contributed by atoms with Gasteiger partial charge in [0.1, 0.15) is 5.75 Å². The summed E-state index contributed by atoms with van der Waals surface area (Å²) < 4.78 is 29.9. The highest BCUT2D eigenvalue weighted by Crippen LogP contribution is 2.20. The van der Waals surface area contributed by atoms with Crippen molar-refractivity contribution in [3.63, 3.8) is 0 Å². The smallest absolute Gasteiger partial charge is 0.387 e. The molecule has 0 saturated carbocycles. The Kier molecular flexibility index (Phi) is 6.39. The molecule has 1 aliphatic heterocycles. The number of ether oxygens (including phenoxy) is 1. The van der Waals surface area contributed by atoms with Crippen LogP contribution in [0.2, 0.25) is 0 Å². The van der Waals surface area contributed by atoms with E-state index in [9.17, 15) is 8.78 Å². The van der Waals surface area contributed by atoms with Crippen molar-refractivity contribution in [1.29, 1.82) is 0 Å². The summed E-state index contributed by atoms with van der Waals surface area (Å²) in [6.07, 6.45) is 0. The quantitative estimate of drug-likeness (QED) is 0.702. The van der Waals surface area contributed by atoms with Gasteiger partial charge in [0.25, 0.3) is 0 Å². The molecule has 3 rings (SSSR count). The van der Waals surface area contributed by atoms with E-state index in [1.165, 1.54) is 5.56 Å². The molecular formula is C19H21BrF2N2O. The lowest BCUT2D eigenvalue weighted by Crippen LogP contribution is -2.45. The Morgan fingerprint density at radius 3 is 2.08 bits per heavy atom. The van der Waals surface area contributed by atoms with Crippen LogP contribution in [0.3, 0.4) is 0 Å². The second-order valence-electron chi connectivity index (χ2n) is 6.17. The Bertz CT molecular complexity index is 673. The van der Waals surface area contributed by atoms with Crippen molar-refractivity contribution in [2.45, 2.75) is 19.7 Å². The first-order valence-electron chi connectivity index (χ1n) is 8.32. The number of piperazine rings is 1. The van der Waals surface area contributed by atoms with E-state index in [-0.39, 0.29) is 5.75 Å². The van der Waals surface area contributed by atoms with Crippen molar-refractivity contribution in [2.75, 3.05) is 26.2 Å². The SMILES string of the molecule is FC(F)Oc1ccc(CN2CCN(Cc3ccccc3Br)CC2)cc1. The van der Waals surface area contributed by atoms with Gasteiger partial charge < -0.3 is 4.74 Å². The summed E-state index contributed by atoms with van der Waals surface area (Å²) in [5, 5.41) is 0. The number of hydrogen-bond acceptors (Lipinski definition) is 3. The molecule has 0 aliphatic carbocycles. The van der Waals surface area contributed by atoms with E-state index in [1.54, 1.807) is 12.1 Å². The molecular weight excluding hydrogens is 390 g/mol. The first-order chi connectivity index (χ1) is 12.1. The van der Waals surface area contributed by atoms with Gasteiger partial charge in [0.15, 0.2) is 0 Å². The molecule has 1 aliphatic rings. The fourth-order valence-corrected chi connectivity index (χ4v) is 3.42. The molecule has 0 spiro atoms. The summed E-state index contributed by atoms with van der Waals surface area (Å²) in [5.74, 6) is 0.206. The van der Waals surface area contributed by atoms with E-state index in [2.05, 4.69) is 48.7 Å². The largest absolute Gasteiger partial charge is 0.435 e. The van der Waals surface area contributed by atoms with Crippen LogP contribution in [0.5, 0.6) is 5.75 Å². The number of hydrogen-bond donors (Lipinski definition) is 0. The van der Waals surface area contributed by atoms with Crippen molar-refractivity contribution in [3.05, 3.63) is 64.1 Å². The maximum atomic E-state index is 12.2. The predicted molar refractivity (Wildman–Crippen MR) is 97.8 cm³/mol. The van der Waals surface area contributed by atoms with Crippen LogP contribution in [0.15, 0.2) is 53.0 Å². The van der Waals surface area contributed by atoms with Crippen molar-refractivity contribution in [3.8, 4) is 5.75 Å². The number of rotatable bonds is 6. The fourth-order valence-electron chi connectivity index (χ4n) is 3.01. The Morgan fingerprint density at radius 1 is 0.880 bits per heavy atom. The minimum absolute atomic E-state index is 0.206. The van der Waals surface area contributed by atoms with Crippen LogP contribution in [0.1, 0.15) is 11.1 Å². The van der Waals surface area contributed by atoms with Gasteiger partial charge in [-0.3, -0.25) is 9.80 Å². The maximum absolute atomic E-state index is 12.2. The average Bonchev–Trinajstić information content (AvgIpc) is 2.60. The minimum atomic E-state index is -2.77. The molecule has 2 aromatic carbocycles. The Labute approximate surface area is 155 Å². The Balaban J connectivity index is 1.47. The zero-order valence-electron chi connectivity index (χ0n) is 13.9. The van der Waals surface area contributed by atoms with E-state index in [0.717, 1.165) is 49.3 Å². The lowest BCUT2D eigenvalue weighted by molar-refractivity contribution is -0.0498. The highest BCUT2D eigenvalue weighted by Gasteiger charge is 2.17. The number of nitrogens with zero attached hydrogens (tertiary/aromatic N) is 2. The molecule has 0 bridgehead atoms. The molecule has 134 valence electrons.